The molecule has 1 atom stereocenters. The highest BCUT2D eigenvalue weighted by atomic mass is 16.5. The Kier molecular flexibility index (Phi) is 6.57. The molecular weight excluding hydrogens is 478 g/mol. The standard InChI is InChI=1S/C32H31NO5/c1-5-37-24-16-10-20(11-17-24)19-33-28(21-12-14-23(15-13-21)32(2,3)4)27(30(35)31(33)36)29(34)26-18-22-8-6-7-9-25(22)38-26/h6-18,28,35H,5,19H2,1-4H3. The Balaban J connectivity index is 1.56. The molecule has 1 unspecified atom stereocenters. The second-order valence-electron chi connectivity index (χ2n) is 10.5. The highest BCUT2D eigenvalue weighted by Gasteiger charge is 2.44. The fourth-order valence-corrected chi connectivity index (χ4v) is 4.84. The minimum absolute atomic E-state index is 0.0171. The summed E-state index contributed by atoms with van der Waals surface area (Å²) < 4.78 is 11.4. The predicted molar refractivity (Wildman–Crippen MR) is 146 cm³/mol. The van der Waals surface area contributed by atoms with Crippen LogP contribution >= 0.6 is 0 Å². The summed E-state index contributed by atoms with van der Waals surface area (Å²) >= 11 is 0. The number of benzene rings is 3. The number of carbonyl (C=O) groups excluding carboxylic acids is 2. The number of aliphatic hydroxyl groups excluding tert-OH is 1. The smallest absolute Gasteiger partial charge is 0.290 e. The number of hydrogen-bond acceptors (Lipinski definition) is 5. The summed E-state index contributed by atoms with van der Waals surface area (Å²) in [6.07, 6.45) is 0. The molecule has 1 amide bonds. The van der Waals surface area contributed by atoms with Crippen LogP contribution in [-0.4, -0.2) is 28.3 Å². The SMILES string of the molecule is CCOc1ccc(CN2C(=O)C(O)=C(C(=O)c3cc4ccccc4o3)C2c2ccc(C(C)(C)C)cc2)cc1. The van der Waals surface area contributed by atoms with E-state index in [2.05, 4.69) is 20.8 Å². The van der Waals surface area contributed by atoms with Crippen LogP contribution < -0.4 is 4.74 Å². The normalized spacial score (nSPS) is 15.9. The van der Waals surface area contributed by atoms with E-state index in [1.807, 2.05) is 73.7 Å². The summed E-state index contributed by atoms with van der Waals surface area (Å²) in [6, 6.07) is 23.5. The van der Waals surface area contributed by atoms with Crippen LogP contribution in [0.2, 0.25) is 0 Å². The molecule has 1 N–H and O–H groups in total. The van der Waals surface area contributed by atoms with Crippen LogP contribution in [0.1, 0.15) is 61.0 Å². The van der Waals surface area contributed by atoms with E-state index in [0.29, 0.717) is 12.2 Å². The van der Waals surface area contributed by atoms with Gasteiger partial charge in [-0.1, -0.05) is 75.4 Å². The monoisotopic (exact) mass is 509 g/mol. The minimum Gasteiger partial charge on any atom is -0.503 e. The van der Waals surface area contributed by atoms with Crippen LogP contribution in [0.25, 0.3) is 11.0 Å². The van der Waals surface area contributed by atoms with Gasteiger partial charge in [0.2, 0.25) is 5.78 Å². The highest BCUT2D eigenvalue weighted by Crippen LogP contribution is 2.41. The highest BCUT2D eigenvalue weighted by molar-refractivity contribution is 6.16. The number of para-hydroxylation sites is 1. The number of rotatable bonds is 7. The molecule has 1 aromatic heterocycles. The number of carbonyl (C=O) groups is 2. The lowest BCUT2D eigenvalue weighted by atomic mass is 9.85. The summed E-state index contributed by atoms with van der Waals surface area (Å²) in [7, 11) is 0. The molecule has 0 radical (unpaired) electrons. The first kappa shape index (κ1) is 25.3. The molecule has 4 aromatic rings. The van der Waals surface area contributed by atoms with Crippen molar-refractivity contribution in [2.45, 2.75) is 45.7 Å². The van der Waals surface area contributed by atoms with Gasteiger partial charge in [0.25, 0.3) is 5.91 Å². The molecule has 1 aliphatic rings. The van der Waals surface area contributed by atoms with Crippen molar-refractivity contribution in [1.82, 2.24) is 4.90 Å². The second kappa shape index (κ2) is 9.86. The zero-order valence-electron chi connectivity index (χ0n) is 22.0. The molecule has 0 saturated carbocycles. The molecule has 0 bridgehead atoms. The second-order valence-corrected chi connectivity index (χ2v) is 10.5. The first-order valence-electron chi connectivity index (χ1n) is 12.8. The van der Waals surface area contributed by atoms with Crippen LogP contribution in [0.4, 0.5) is 0 Å². The summed E-state index contributed by atoms with van der Waals surface area (Å²) in [5, 5.41) is 11.8. The average molecular weight is 510 g/mol. The van der Waals surface area contributed by atoms with Crippen molar-refractivity contribution in [1.29, 1.82) is 0 Å². The van der Waals surface area contributed by atoms with Crippen molar-refractivity contribution < 1.29 is 23.8 Å². The van der Waals surface area contributed by atoms with Crippen LogP contribution in [0, 0.1) is 0 Å². The van der Waals surface area contributed by atoms with E-state index in [9.17, 15) is 14.7 Å². The van der Waals surface area contributed by atoms with Gasteiger partial charge in [-0.05, 0) is 53.3 Å². The Hall–Kier alpha value is -4.32. The Morgan fingerprint density at radius 1 is 1.00 bits per heavy atom. The van der Waals surface area contributed by atoms with E-state index >= 15 is 0 Å². The average Bonchev–Trinajstić information content (AvgIpc) is 3.44. The zero-order chi connectivity index (χ0) is 27.0. The van der Waals surface area contributed by atoms with Crippen LogP contribution in [-0.2, 0) is 16.8 Å². The summed E-state index contributed by atoms with van der Waals surface area (Å²) in [6.45, 7) is 9.06. The van der Waals surface area contributed by atoms with Crippen molar-refractivity contribution in [2.24, 2.45) is 0 Å². The van der Waals surface area contributed by atoms with Crippen molar-refractivity contribution in [3.05, 3.63) is 113 Å². The van der Waals surface area contributed by atoms with Gasteiger partial charge in [0.15, 0.2) is 11.5 Å². The van der Waals surface area contributed by atoms with Gasteiger partial charge in [0, 0.05) is 11.9 Å². The number of hydrogen-bond donors (Lipinski definition) is 1. The lowest BCUT2D eigenvalue weighted by Gasteiger charge is -2.28. The fourth-order valence-electron chi connectivity index (χ4n) is 4.84. The van der Waals surface area contributed by atoms with Gasteiger partial charge in [-0.3, -0.25) is 9.59 Å². The molecule has 1 aliphatic heterocycles. The number of nitrogens with zero attached hydrogens (tertiary/aromatic N) is 1. The summed E-state index contributed by atoms with van der Waals surface area (Å²) in [4.78, 5) is 28.7. The third kappa shape index (κ3) is 4.70. The van der Waals surface area contributed by atoms with Crippen LogP contribution in [0.5, 0.6) is 5.75 Å². The number of amides is 1. The first-order valence-corrected chi connectivity index (χ1v) is 12.8. The van der Waals surface area contributed by atoms with Gasteiger partial charge in [-0.25, -0.2) is 0 Å². The molecule has 0 spiro atoms. The Bertz CT molecular complexity index is 1490. The van der Waals surface area contributed by atoms with Crippen LogP contribution in [0.15, 0.2) is 94.6 Å². The van der Waals surface area contributed by atoms with Gasteiger partial charge in [-0.2, -0.15) is 0 Å². The molecular formula is C32H31NO5. The van der Waals surface area contributed by atoms with E-state index in [1.165, 1.54) is 4.90 Å². The topological polar surface area (TPSA) is 80.0 Å². The number of furan rings is 1. The molecule has 0 aliphatic carbocycles. The van der Waals surface area contributed by atoms with E-state index in [1.54, 1.807) is 12.1 Å². The van der Waals surface area contributed by atoms with Crippen molar-refractivity contribution in [3.63, 3.8) is 0 Å². The summed E-state index contributed by atoms with van der Waals surface area (Å²) in [5.74, 6) is -0.833. The van der Waals surface area contributed by atoms with Gasteiger partial charge in [-0.15, -0.1) is 0 Å². The largest absolute Gasteiger partial charge is 0.503 e. The quantitative estimate of drug-likeness (QED) is 0.274. The lowest BCUT2D eigenvalue weighted by molar-refractivity contribution is -0.130. The molecule has 0 fully saturated rings. The maximum atomic E-state index is 13.8. The number of ether oxygens (including phenoxy) is 1. The van der Waals surface area contributed by atoms with E-state index in [-0.39, 0.29) is 23.3 Å². The van der Waals surface area contributed by atoms with Gasteiger partial charge in [0.05, 0.1) is 18.2 Å². The fraction of sp³-hybridized carbons (Fsp3) is 0.250. The number of fused-ring (bicyclic) bond motifs is 1. The van der Waals surface area contributed by atoms with E-state index in [4.69, 9.17) is 9.15 Å². The van der Waals surface area contributed by atoms with Gasteiger partial charge in [0.1, 0.15) is 11.3 Å². The van der Waals surface area contributed by atoms with Gasteiger partial charge < -0.3 is 19.2 Å². The number of aliphatic hydroxyl groups is 1. The number of ketones is 1. The third-order valence-electron chi connectivity index (χ3n) is 6.88. The molecule has 6 heteroatoms. The molecule has 5 rings (SSSR count). The summed E-state index contributed by atoms with van der Waals surface area (Å²) in [5.41, 5.74) is 3.24. The van der Waals surface area contributed by atoms with Gasteiger partial charge >= 0.3 is 0 Å². The Morgan fingerprint density at radius 3 is 2.32 bits per heavy atom. The maximum Gasteiger partial charge on any atom is 0.290 e. The van der Waals surface area contributed by atoms with E-state index in [0.717, 1.165) is 27.8 Å². The molecule has 0 saturated heterocycles. The Labute approximate surface area is 222 Å². The molecule has 38 heavy (non-hydrogen) atoms. The van der Waals surface area contributed by atoms with Crippen molar-refractivity contribution >= 4 is 22.7 Å². The molecule has 194 valence electrons. The molecule has 6 nitrogen and oxygen atoms in total. The lowest BCUT2D eigenvalue weighted by Crippen LogP contribution is -2.30. The maximum absolute atomic E-state index is 13.8. The number of Topliss-reactive ketones (excluding diaryl/α,β-unsaturated/α-hetero) is 1. The predicted octanol–water partition coefficient (Wildman–Crippen LogP) is 6.91. The van der Waals surface area contributed by atoms with Crippen molar-refractivity contribution in [2.75, 3.05) is 6.61 Å². The van der Waals surface area contributed by atoms with E-state index < -0.39 is 23.5 Å². The van der Waals surface area contributed by atoms with Crippen LogP contribution in [0.3, 0.4) is 0 Å². The zero-order valence-corrected chi connectivity index (χ0v) is 22.0. The minimum atomic E-state index is -0.774. The third-order valence-corrected chi connectivity index (χ3v) is 6.88. The Morgan fingerprint density at radius 2 is 1.68 bits per heavy atom. The first-order chi connectivity index (χ1) is 18.2. The molecule has 2 heterocycles. The van der Waals surface area contributed by atoms with Crippen molar-refractivity contribution in [3.8, 4) is 5.75 Å². The molecule has 3 aromatic carbocycles.